The van der Waals surface area contributed by atoms with E-state index in [1.54, 1.807) is 0 Å². The van der Waals surface area contributed by atoms with Gasteiger partial charge in [0.05, 0.1) is 18.3 Å². The summed E-state index contributed by atoms with van der Waals surface area (Å²) in [5.74, 6) is 0. The van der Waals surface area contributed by atoms with Crippen LogP contribution in [0.4, 0.5) is 5.69 Å². The molecule has 1 aliphatic rings. The molecule has 4 aromatic rings. The minimum atomic E-state index is 0.162. The van der Waals surface area contributed by atoms with Gasteiger partial charge in [0.2, 0.25) is 0 Å². The number of para-hydroxylation sites is 1. The highest BCUT2D eigenvalue weighted by atomic mass is 16.3. The monoisotopic (exact) mass is 389 g/mol. The molecule has 2 aromatic carbocycles. The molecule has 0 spiro atoms. The van der Waals surface area contributed by atoms with Crippen LogP contribution in [0, 0.1) is 0 Å². The number of fused-ring (bicyclic) bond motifs is 2. The number of nitrogens with zero attached hydrogens (tertiary/aromatic N) is 3. The number of likely N-dealkylation sites (tertiary alicyclic amines) is 1. The van der Waals surface area contributed by atoms with Crippen molar-refractivity contribution in [1.82, 2.24) is 19.7 Å². The van der Waals surface area contributed by atoms with Crippen LogP contribution < -0.4 is 5.32 Å². The van der Waals surface area contributed by atoms with Gasteiger partial charge < -0.3 is 15.0 Å². The van der Waals surface area contributed by atoms with Gasteiger partial charge in [0, 0.05) is 53.8 Å². The maximum Gasteiger partial charge on any atom is 0.0651 e. The minimum Gasteiger partial charge on any atom is -0.395 e. The average molecular weight is 390 g/mol. The van der Waals surface area contributed by atoms with Gasteiger partial charge in [0.25, 0.3) is 0 Å². The van der Waals surface area contributed by atoms with E-state index in [0.717, 1.165) is 36.2 Å². The zero-order valence-corrected chi connectivity index (χ0v) is 16.5. The molecule has 0 radical (unpaired) electrons. The molecule has 0 saturated carbocycles. The number of benzene rings is 2. The van der Waals surface area contributed by atoms with Gasteiger partial charge in [0.15, 0.2) is 0 Å². The van der Waals surface area contributed by atoms with Crippen molar-refractivity contribution in [2.75, 3.05) is 25.0 Å². The summed E-state index contributed by atoms with van der Waals surface area (Å²) < 4.78 is 2.17. The van der Waals surface area contributed by atoms with Crippen LogP contribution in [0.2, 0.25) is 0 Å². The number of aromatic nitrogens is 3. The molecule has 29 heavy (non-hydrogen) atoms. The molecular weight excluding hydrogens is 362 g/mol. The lowest BCUT2D eigenvalue weighted by Crippen LogP contribution is -2.41. The Bertz CT molecular complexity index is 1110. The summed E-state index contributed by atoms with van der Waals surface area (Å²) in [4.78, 5) is 2.54. The first kappa shape index (κ1) is 18.2. The summed E-state index contributed by atoms with van der Waals surface area (Å²) in [6.45, 7) is 3.90. The Kier molecular flexibility index (Phi) is 4.96. The maximum atomic E-state index is 9.39. The highest BCUT2D eigenvalue weighted by Gasteiger charge is 2.21. The second-order valence-electron chi connectivity index (χ2n) is 7.98. The van der Waals surface area contributed by atoms with E-state index in [2.05, 4.69) is 73.6 Å². The quantitative estimate of drug-likeness (QED) is 0.471. The van der Waals surface area contributed by atoms with Crippen molar-refractivity contribution in [1.29, 1.82) is 0 Å². The van der Waals surface area contributed by atoms with Crippen LogP contribution in [0.1, 0.15) is 18.4 Å². The highest BCUT2D eigenvalue weighted by molar-refractivity contribution is 5.84. The molecule has 5 rings (SSSR count). The van der Waals surface area contributed by atoms with E-state index >= 15 is 0 Å². The molecule has 150 valence electrons. The smallest absolute Gasteiger partial charge is 0.0651 e. The van der Waals surface area contributed by atoms with Crippen molar-refractivity contribution in [2.45, 2.75) is 32.0 Å². The molecule has 0 aliphatic carbocycles. The SMILES string of the molecule is OCCn1cc(CN2CCCC(Nc3ccc4[nH]ncc4c3)C2)c2ccccc21. The molecular formula is C23H27N5O. The Morgan fingerprint density at radius 1 is 1.21 bits per heavy atom. The van der Waals surface area contributed by atoms with Crippen LogP contribution >= 0.6 is 0 Å². The Labute approximate surface area is 170 Å². The van der Waals surface area contributed by atoms with Gasteiger partial charge in [-0.05, 0) is 49.2 Å². The Morgan fingerprint density at radius 2 is 2.14 bits per heavy atom. The van der Waals surface area contributed by atoms with E-state index in [0.29, 0.717) is 12.6 Å². The van der Waals surface area contributed by atoms with Crippen molar-refractivity contribution in [2.24, 2.45) is 0 Å². The van der Waals surface area contributed by atoms with Crippen LogP contribution in [0.15, 0.2) is 54.9 Å². The lowest BCUT2D eigenvalue weighted by atomic mass is 10.0. The Morgan fingerprint density at radius 3 is 3.07 bits per heavy atom. The van der Waals surface area contributed by atoms with Crippen LogP contribution in [-0.2, 0) is 13.1 Å². The number of hydrogen-bond acceptors (Lipinski definition) is 4. The number of aliphatic hydroxyl groups is 1. The van der Waals surface area contributed by atoms with Crippen molar-refractivity contribution in [3.05, 3.63) is 60.4 Å². The summed E-state index contributed by atoms with van der Waals surface area (Å²) in [6, 6.07) is 15.3. The van der Waals surface area contributed by atoms with E-state index in [4.69, 9.17) is 0 Å². The number of H-pyrrole nitrogens is 1. The van der Waals surface area contributed by atoms with Crippen molar-refractivity contribution in [3.8, 4) is 0 Å². The molecule has 1 aliphatic heterocycles. The molecule has 1 fully saturated rings. The van der Waals surface area contributed by atoms with Gasteiger partial charge in [-0.2, -0.15) is 5.10 Å². The zero-order chi connectivity index (χ0) is 19.6. The molecule has 1 unspecified atom stereocenters. The summed E-state index contributed by atoms with van der Waals surface area (Å²) >= 11 is 0. The number of aliphatic hydroxyl groups excluding tert-OH is 1. The molecule has 0 amide bonds. The molecule has 3 N–H and O–H groups in total. The third kappa shape index (κ3) is 3.73. The van der Waals surface area contributed by atoms with E-state index in [1.807, 2.05) is 6.20 Å². The van der Waals surface area contributed by atoms with Gasteiger partial charge >= 0.3 is 0 Å². The second-order valence-corrected chi connectivity index (χ2v) is 7.98. The first-order valence-corrected chi connectivity index (χ1v) is 10.4. The lowest BCUT2D eigenvalue weighted by molar-refractivity contribution is 0.209. The molecule has 2 aromatic heterocycles. The Hall–Kier alpha value is -2.83. The van der Waals surface area contributed by atoms with Crippen LogP contribution in [0.25, 0.3) is 21.8 Å². The van der Waals surface area contributed by atoms with Crippen molar-refractivity contribution >= 4 is 27.5 Å². The van der Waals surface area contributed by atoms with Gasteiger partial charge in [-0.1, -0.05) is 18.2 Å². The van der Waals surface area contributed by atoms with Gasteiger partial charge in [-0.25, -0.2) is 0 Å². The number of nitrogens with one attached hydrogen (secondary N) is 2. The number of rotatable bonds is 6. The van der Waals surface area contributed by atoms with Crippen molar-refractivity contribution in [3.63, 3.8) is 0 Å². The van der Waals surface area contributed by atoms with Gasteiger partial charge in [-0.15, -0.1) is 0 Å². The molecule has 3 heterocycles. The molecule has 1 saturated heterocycles. The fourth-order valence-electron chi connectivity index (χ4n) is 4.57. The first-order chi connectivity index (χ1) is 14.3. The summed E-state index contributed by atoms with van der Waals surface area (Å²) in [5, 5.41) is 22.7. The highest BCUT2D eigenvalue weighted by Crippen LogP contribution is 2.25. The molecule has 0 bridgehead atoms. The second kappa shape index (κ2) is 7.89. The zero-order valence-electron chi connectivity index (χ0n) is 16.5. The molecule has 1 atom stereocenters. The standard InChI is InChI=1S/C23H27N5O/c29-11-10-28-15-18(21-5-1-2-6-23(21)28)14-27-9-3-4-20(16-27)25-19-7-8-22-17(12-19)13-24-26-22/h1-2,5-8,12-13,15,20,25,29H,3-4,9-11,14,16H2,(H,24,26). The normalized spacial score (nSPS) is 17.9. The maximum absolute atomic E-state index is 9.39. The van der Waals surface area contributed by atoms with Gasteiger partial charge in [0.1, 0.15) is 0 Å². The number of hydrogen-bond donors (Lipinski definition) is 3. The fourth-order valence-corrected chi connectivity index (χ4v) is 4.57. The summed E-state index contributed by atoms with van der Waals surface area (Å²) in [7, 11) is 0. The van der Waals surface area contributed by atoms with Gasteiger partial charge in [-0.3, -0.25) is 10.00 Å². The predicted octanol–water partition coefficient (Wildman–Crippen LogP) is 3.59. The lowest BCUT2D eigenvalue weighted by Gasteiger charge is -2.33. The average Bonchev–Trinajstić information content (AvgIpc) is 3.34. The first-order valence-electron chi connectivity index (χ1n) is 10.4. The molecule has 6 heteroatoms. The summed E-state index contributed by atoms with van der Waals surface area (Å²) in [5.41, 5.74) is 4.77. The third-order valence-corrected chi connectivity index (χ3v) is 5.92. The fraction of sp³-hybridized carbons (Fsp3) is 0.348. The van der Waals surface area contributed by atoms with Crippen molar-refractivity contribution < 1.29 is 5.11 Å². The number of aromatic amines is 1. The van der Waals surface area contributed by atoms with Crippen LogP contribution in [0.3, 0.4) is 0 Å². The largest absolute Gasteiger partial charge is 0.395 e. The van der Waals surface area contributed by atoms with E-state index in [1.165, 1.54) is 29.3 Å². The van der Waals surface area contributed by atoms with E-state index < -0.39 is 0 Å². The predicted molar refractivity (Wildman–Crippen MR) is 117 cm³/mol. The number of piperidine rings is 1. The summed E-state index contributed by atoms with van der Waals surface area (Å²) in [6.07, 6.45) is 6.47. The Balaban J connectivity index is 1.30. The van der Waals surface area contributed by atoms with E-state index in [-0.39, 0.29) is 6.61 Å². The minimum absolute atomic E-state index is 0.162. The number of anilines is 1. The van der Waals surface area contributed by atoms with Crippen LogP contribution in [0.5, 0.6) is 0 Å². The van der Waals surface area contributed by atoms with E-state index in [9.17, 15) is 5.11 Å². The third-order valence-electron chi connectivity index (χ3n) is 5.92. The topological polar surface area (TPSA) is 69.1 Å². The van der Waals surface area contributed by atoms with Crippen LogP contribution in [-0.4, -0.2) is 50.5 Å². The molecule has 6 nitrogen and oxygen atoms in total.